The monoisotopic (exact) mass is 534 g/mol. The van der Waals surface area contributed by atoms with Gasteiger partial charge in [-0.15, -0.1) is 0 Å². The van der Waals surface area contributed by atoms with Gasteiger partial charge in [0, 0.05) is 57.4 Å². The summed E-state index contributed by atoms with van der Waals surface area (Å²) in [7, 11) is 0. The Kier molecular flexibility index (Phi) is 9.76. The van der Waals surface area contributed by atoms with Gasteiger partial charge in [-0.05, 0) is 56.9 Å². The van der Waals surface area contributed by atoms with Gasteiger partial charge < -0.3 is 15.0 Å². The molecule has 2 amide bonds. The molecule has 0 atom stereocenters. The molecule has 1 N–H and O–H groups in total. The van der Waals surface area contributed by atoms with E-state index in [2.05, 4.69) is 10.3 Å². The van der Waals surface area contributed by atoms with Crippen LogP contribution >= 0.6 is 0 Å². The van der Waals surface area contributed by atoms with Crippen LogP contribution in [-0.2, 0) is 22.6 Å². The average Bonchev–Trinajstić information content (AvgIpc) is 2.84. The van der Waals surface area contributed by atoms with Gasteiger partial charge in [0.15, 0.2) is 0 Å². The van der Waals surface area contributed by atoms with E-state index in [1.165, 1.54) is 6.92 Å². The Morgan fingerprint density at radius 3 is 2.39 bits per heavy atom. The van der Waals surface area contributed by atoms with E-state index in [0.29, 0.717) is 39.0 Å². The highest BCUT2D eigenvalue weighted by molar-refractivity contribution is 5.73. The molecule has 1 aromatic carbocycles. The highest BCUT2D eigenvalue weighted by Crippen LogP contribution is 2.26. The van der Waals surface area contributed by atoms with Crippen molar-refractivity contribution < 1.29 is 27.5 Å². The van der Waals surface area contributed by atoms with Crippen molar-refractivity contribution in [1.29, 1.82) is 0 Å². The molecule has 0 spiro atoms. The number of benzene rings is 1. The summed E-state index contributed by atoms with van der Waals surface area (Å²) in [5, 5.41) is 2.77. The summed E-state index contributed by atoms with van der Waals surface area (Å²) >= 11 is 0. The summed E-state index contributed by atoms with van der Waals surface area (Å²) in [5.41, 5.74) is 2.80. The number of hydrogen-bond acceptors (Lipinski definition) is 5. The van der Waals surface area contributed by atoms with Crippen LogP contribution in [0, 0.1) is 0 Å². The molecule has 1 aliphatic heterocycles. The molecule has 0 bridgehead atoms. The number of rotatable bonds is 8. The number of nitrogens with one attached hydrogen (secondary N) is 1. The topological polar surface area (TPSA) is 74.8 Å². The number of hydrogen-bond donors (Lipinski definition) is 1. The number of carbonyl (C=O) groups excluding carboxylic acids is 2. The van der Waals surface area contributed by atoms with E-state index in [9.17, 15) is 22.8 Å². The standard InChI is InChI=1S/C28H37F3N4O3/c1-20(36)32-17-21-6-5-7-23(16-21)25-9-8-22(18-33-25)19-35(15-12-28(29,30)31)24-10-13-34(14-11-24)26(37)38-27(2,3)4/h5-9,16,18,24H,10-15,17,19H2,1-4H3,(H,32,36). The number of piperidine rings is 1. The Balaban J connectivity index is 1.66. The van der Waals surface area contributed by atoms with Crippen LogP contribution in [-0.4, -0.2) is 64.2 Å². The van der Waals surface area contributed by atoms with Crippen LogP contribution < -0.4 is 5.32 Å². The third kappa shape index (κ3) is 9.63. The van der Waals surface area contributed by atoms with Gasteiger partial charge in [0.2, 0.25) is 5.91 Å². The Labute approximate surface area is 222 Å². The maximum atomic E-state index is 13.1. The molecule has 3 rings (SSSR count). The van der Waals surface area contributed by atoms with Crippen LogP contribution in [0.15, 0.2) is 42.6 Å². The number of amides is 2. The predicted octanol–water partition coefficient (Wildman–Crippen LogP) is 5.54. The maximum absolute atomic E-state index is 13.1. The summed E-state index contributed by atoms with van der Waals surface area (Å²) < 4.78 is 44.7. The van der Waals surface area contributed by atoms with Gasteiger partial charge in [-0.3, -0.25) is 14.7 Å². The molecule has 208 valence electrons. The highest BCUT2D eigenvalue weighted by Gasteiger charge is 2.33. The molecule has 10 heteroatoms. The average molecular weight is 535 g/mol. The normalized spacial score (nSPS) is 15.0. The van der Waals surface area contributed by atoms with Crippen molar-refractivity contribution in [2.45, 2.75) is 77.9 Å². The molecule has 2 heterocycles. The van der Waals surface area contributed by atoms with Gasteiger partial charge in [-0.1, -0.05) is 24.3 Å². The molecule has 1 fully saturated rings. The second-order valence-electron chi connectivity index (χ2n) is 10.7. The van der Waals surface area contributed by atoms with Crippen molar-refractivity contribution in [3.63, 3.8) is 0 Å². The molecule has 1 aliphatic rings. The van der Waals surface area contributed by atoms with E-state index in [1.54, 1.807) is 31.9 Å². The number of pyridine rings is 1. The molecular weight excluding hydrogens is 497 g/mol. The lowest BCUT2D eigenvalue weighted by Crippen LogP contribution is -2.48. The SMILES string of the molecule is CC(=O)NCc1cccc(-c2ccc(CN(CCC(F)(F)F)C3CCN(C(=O)OC(C)(C)C)CC3)cn2)c1. The summed E-state index contributed by atoms with van der Waals surface area (Å²) in [6.07, 6.45) is -2.69. The van der Waals surface area contributed by atoms with Gasteiger partial charge in [-0.2, -0.15) is 13.2 Å². The van der Waals surface area contributed by atoms with Crippen molar-refractivity contribution in [3.05, 3.63) is 53.7 Å². The van der Waals surface area contributed by atoms with Crippen LogP contribution in [0.5, 0.6) is 0 Å². The lowest BCUT2D eigenvalue weighted by molar-refractivity contribution is -0.140. The van der Waals surface area contributed by atoms with Crippen molar-refractivity contribution >= 4 is 12.0 Å². The molecule has 0 saturated carbocycles. The zero-order valence-corrected chi connectivity index (χ0v) is 22.5. The number of aromatic nitrogens is 1. The van der Waals surface area contributed by atoms with Gasteiger partial charge in [-0.25, -0.2) is 4.79 Å². The number of carbonyl (C=O) groups is 2. The molecule has 1 saturated heterocycles. The minimum absolute atomic E-state index is 0.0822. The Bertz CT molecular complexity index is 1080. The molecule has 7 nitrogen and oxygen atoms in total. The fourth-order valence-corrected chi connectivity index (χ4v) is 4.39. The fourth-order valence-electron chi connectivity index (χ4n) is 4.39. The lowest BCUT2D eigenvalue weighted by atomic mass is 10.0. The van der Waals surface area contributed by atoms with Gasteiger partial charge >= 0.3 is 12.3 Å². The van der Waals surface area contributed by atoms with E-state index < -0.39 is 24.3 Å². The van der Waals surface area contributed by atoms with E-state index in [0.717, 1.165) is 22.4 Å². The van der Waals surface area contributed by atoms with Crippen molar-refractivity contribution in [2.24, 2.45) is 0 Å². The Morgan fingerprint density at radius 1 is 1.11 bits per heavy atom. The zero-order valence-electron chi connectivity index (χ0n) is 22.5. The predicted molar refractivity (Wildman–Crippen MR) is 139 cm³/mol. The quantitative estimate of drug-likeness (QED) is 0.482. The molecule has 1 aromatic heterocycles. The third-order valence-electron chi connectivity index (χ3n) is 6.29. The maximum Gasteiger partial charge on any atom is 0.410 e. The van der Waals surface area contributed by atoms with E-state index in [1.807, 2.05) is 41.3 Å². The molecular formula is C28H37F3N4O3. The number of halogens is 3. The number of nitrogens with zero attached hydrogens (tertiary/aromatic N) is 3. The van der Waals surface area contributed by atoms with Crippen LogP contribution in [0.1, 0.15) is 58.1 Å². The Hall–Kier alpha value is -3.14. The van der Waals surface area contributed by atoms with Gasteiger partial charge in [0.05, 0.1) is 12.1 Å². The van der Waals surface area contributed by atoms with E-state index in [-0.39, 0.29) is 18.5 Å². The molecule has 0 unspecified atom stereocenters. The van der Waals surface area contributed by atoms with Crippen molar-refractivity contribution in [2.75, 3.05) is 19.6 Å². The van der Waals surface area contributed by atoms with Crippen LogP contribution in [0.4, 0.5) is 18.0 Å². The van der Waals surface area contributed by atoms with Crippen LogP contribution in [0.25, 0.3) is 11.3 Å². The molecule has 0 radical (unpaired) electrons. The summed E-state index contributed by atoms with van der Waals surface area (Å²) in [5.74, 6) is -0.108. The molecule has 38 heavy (non-hydrogen) atoms. The first-order valence-corrected chi connectivity index (χ1v) is 12.9. The van der Waals surface area contributed by atoms with E-state index in [4.69, 9.17) is 4.74 Å². The minimum Gasteiger partial charge on any atom is -0.444 e. The first-order chi connectivity index (χ1) is 17.8. The Morgan fingerprint density at radius 2 is 1.82 bits per heavy atom. The first kappa shape index (κ1) is 29.4. The fraction of sp³-hybridized carbons (Fsp3) is 0.536. The molecule has 2 aromatic rings. The van der Waals surface area contributed by atoms with E-state index >= 15 is 0 Å². The summed E-state index contributed by atoms with van der Waals surface area (Å²) in [4.78, 5) is 31.6. The first-order valence-electron chi connectivity index (χ1n) is 12.9. The van der Waals surface area contributed by atoms with Crippen LogP contribution in [0.2, 0.25) is 0 Å². The second kappa shape index (κ2) is 12.6. The number of alkyl halides is 3. The third-order valence-corrected chi connectivity index (χ3v) is 6.29. The number of ether oxygens (including phenoxy) is 1. The van der Waals surface area contributed by atoms with Crippen molar-refractivity contribution in [1.82, 2.24) is 20.1 Å². The second-order valence-corrected chi connectivity index (χ2v) is 10.7. The van der Waals surface area contributed by atoms with Gasteiger partial charge in [0.25, 0.3) is 0 Å². The van der Waals surface area contributed by atoms with Gasteiger partial charge in [0.1, 0.15) is 5.60 Å². The number of likely N-dealkylation sites (tertiary alicyclic amines) is 1. The smallest absolute Gasteiger partial charge is 0.410 e. The summed E-state index contributed by atoms with van der Waals surface area (Å²) in [6.45, 7) is 8.39. The zero-order chi connectivity index (χ0) is 27.9. The molecule has 0 aliphatic carbocycles. The summed E-state index contributed by atoms with van der Waals surface area (Å²) in [6, 6.07) is 11.4. The highest BCUT2D eigenvalue weighted by atomic mass is 19.4. The van der Waals surface area contributed by atoms with Crippen molar-refractivity contribution in [3.8, 4) is 11.3 Å². The largest absolute Gasteiger partial charge is 0.444 e. The minimum atomic E-state index is -4.25. The van der Waals surface area contributed by atoms with Crippen LogP contribution in [0.3, 0.4) is 0 Å². The lowest BCUT2D eigenvalue weighted by Gasteiger charge is -2.39.